The van der Waals surface area contributed by atoms with Crippen LogP contribution < -0.4 is 29.3 Å². The molecule has 0 saturated carbocycles. The van der Waals surface area contributed by atoms with Gasteiger partial charge in [-0.25, -0.2) is 9.78 Å². The Kier molecular flexibility index (Phi) is 10.0. The van der Waals surface area contributed by atoms with Gasteiger partial charge in [-0.05, 0) is 87.4 Å². The van der Waals surface area contributed by atoms with Gasteiger partial charge < -0.3 is 24.4 Å². The smallest absolute Gasteiger partial charge is 0.421 e. The van der Waals surface area contributed by atoms with Crippen LogP contribution in [-0.4, -0.2) is 67.4 Å². The first-order valence-electron chi connectivity index (χ1n) is 15.2. The lowest BCUT2D eigenvalue weighted by Gasteiger charge is -2.38. The first kappa shape index (κ1) is 31.6. The highest BCUT2D eigenvalue weighted by molar-refractivity contribution is 5.88. The minimum absolute atomic E-state index is 0.124. The lowest BCUT2D eigenvalue weighted by molar-refractivity contribution is 0.206. The van der Waals surface area contributed by atoms with Crippen LogP contribution in [0.3, 0.4) is 0 Å². The highest BCUT2D eigenvalue weighted by atomic mass is 16.6. The minimum Gasteiger partial charge on any atom is -0.497 e. The van der Waals surface area contributed by atoms with E-state index in [1.807, 2.05) is 62.4 Å². The summed E-state index contributed by atoms with van der Waals surface area (Å²) in [4.78, 5) is 29.4. The van der Waals surface area contributed by atoms with Crippen molar-refractivity contribution in [1.29, 1.82) is 0 Å². The van der Waals surface area contributed by atoms with Crippen molar-refractivity contribution in [2.24, 2.45) is 0 Å². The molecule has 236 valence electrons. The number of aryl methyl sites for hydroxylation is 2. The summed E-state index contributed by atoms with van der Waals surface area (Å²) in [6, 6.07) is 21.7. The van der Waals surface area contributed by atoms with Crippen molar-refractivity contribution in [3.63, 3.8) is 0 Å². The maximum absolute atomic E-state index is 13.8. The van der Waals surface area contributed by atoms with Crippen LogP contribution in [0.4, 0.5) is 27.9 Å². The van der Waals surface area contributed by atoms with Crippen molar-refractivity contribution in [3.05, 3.63) is 89.6 Å². The molecule has 4 aromatic rings. The molecule has 1 N–H and O–H groups in total. The average molecular weight is 611 g/mol. The molecule has 0 radical (unpaired) electrons. The third kappa shape index (κ3) is 7.64. The lowest BCUT2D eigenvalue weighted by Crippen LogP contribution is -2.48. The van der Waals surface area contributed by atoms with Gasteiger partial charge in [-0.15, -0.1) is 0 Å². The molecule has 1 aromatic heterocycles. The Morgan fingerprint density at radius 2 is 1.64 bits per heavy atom. The number of ether oxygens (including phenoxy) is 3. The Morgan fingerprint density at radius 3 is 2.29 bits per heavy atom. The topological polar surface area (TPSA) is 92.3 Å². The molecule has 10 nitrogen and oxygen atoms in total. The van der Waals surface area contributed by atoms with Gasteiger partial charge in [-0.1, -0.05) is 18.2 Å². The van der Waals surface area contributed by atoms with Crippen molar-refractivity contribution in [1.82, 2.24) is 14.9 Å². The van der Waals surface area contributed by atoms with Crippen LogP contribution in [0.2, 0.25) is 0 Å². The van der Waals surface area contributed by atoms with Gasteiger partial charge in [0.05, 0.1) is 20.8 Å². The molecule has 0 atom stereocenters. The van der Waals surface area contributed by atoms with Crippen LogP contribution in [0, 0.1) is 13.8 Å². The van der Waals surface area contributed by atoms with Gasteiger partial charge in [0.15, 0.2) is 0 Å². The number of carbonyl (C=O) groups is 1. The monoisotopic (exact) mass is 610 g/mol. The van der Waals surface area contributed by atoms with Gasteiger partial charge in [-0.2, -0.15) is 4.98 Å². The summed E-state index contributed by atoms with van der Waals surface area (Å²) in [7, 11) is 3.19. The maximum Gasteiger partial charge on any atom is 0.421 e. The van der Waals surface area contributed by atoms with Crippen molar-refractivity contribution in [2.75, 3.05) is 55.5 Å². The number of hydrogen-bond acceptors (Lipinski definition) is 9. The fourth-order valence-corrected chi connectivity index (χ4v) is 5.46. The van der Waals surface area contributed by atoms with E-state index in [-0.39, 0.29) is 6.54 Å². The molecular formula is C35H42N6O4. The largest absolute Gasteiger partial charge is 0.497 e. The number of anilines is 4. The predicted molar refractivity (Wildman–Crippen MR) is 178 cm³/mol. The van der Waals surface area contributed by atoms with E-state index in [1.165, 1.54) is 10.6 Å². The van der Waals surface area contributed by atoms with Gasteiger partial charge in [0.25, 0.3) is 0 Å². The van der Waals surface area contributed by atoms with Crippen molar-refractivity contribution >= 4 is 29.2 Å². The summed E-state index contributed by atoms with van der Waals surface area (Å²) in [5, 5.41) is 3.29. The molecule has 1 fully saturated rings. The van der Waals surface area contributed by atoms with E-state index in [0.29, 0.717) is 35.1 Å². The van der Waals surface area contributed by atoms with Gasteiger partial charge in [-0.3, -0.25) is 9.80 Å². The number of benzene rings is 3. The Bertz CT molecular complexity index is 1580. The number of rotatable bonds is 10. The number of carbonyl (C=O) groups excluding carboxylic acids is 1. The van der Waals surface area contributed by atoms with Crippen LogP contribution >= 0.6 is 0 Å². The summed E-state index contributed by atoms with van der Waals surface area (Å²) in [5.74, 6) is 2.49. The fraction of sp³-hybridized carbons (Fsp3) is 0.343. The molecule has 1 aliphatic heterocycles. The summed E-state index contributed by atoms with van der Waals surface area (Å²) < 4.78 is 17.0. The third-order valence-electron chi connectivity index (χ3n) is 8.09. The van der Waals surface area contributed by atoms with Crippen LogP contribution in [0.1, 0.15) is 30.5 Å². The van der Waals surface area contributed by atoms with Crippen LogP contribution in [0.5, 0.6) is 17.2 Å². The number of piperazine rings is 1. The first-order chi connectivity index (χ1) is 21.7. The Morgan fingerprint density at radius 1 is 0.933 bits per heavy atom. The molecule has 1 amide bonds. The van der Waals surface area contributed by atoms with E-state index in [0.717, 1.165) is 48.6 Å². The molecule has 5 rings (SSSR count). The zero-order valence-electron chi connectivity index (χ0n) is 26.9. The summed E-state index contributed by atoms with van der Waals surface area (Å²) in [6.45, 7) is 12.6. The van der Waals surface area contributed by atoms with E-state index in [1.54, 1.807) is 26.5 Å². The molecule has 1 saturated heterocycles. The molecule has 3 aromatic carbocycles. The predicted octanol–water partition coefficient (Wildman–Crippen LogP) is 6.59. The number of methoxy groups -OCH3 is 2. The molecular weight excluding hydrogens is 568 g/mol. The molecule has 0 aliphatic carbocycles. The van der Waals surface area contributed by atoms with Crippen LogP contribution in [0.15, 0.2) is 72.9 Å². The second kappa shape index (κ2) is 14.3. The molecule has 0 spiro atoms. The van der Waals surface area contributed by atoms with Crippen molar-refractivity contribution < 1.29 is 19.0 Å². The van der Waals surface area contributed by atoms with E-state index in [2.05, 4.69) is 46.1 Å². The van der Waals surface area contributed by atoms with E-state index in [4.69, 9.17) is 19.2 Å². The van der Waals surface area contributed by atoms with Crippen LogP contribution in [-0.2, 0) is 6.54 Å². The molecule has 0 unspecified atom stereocenters. The number of amides is 1. The Hall–Kier alpha value is -4.83. The number of aromatic nitrogens is 2. The maximum atomic E-state index is 13.8. The number of nitrogens with zero attached hydrogens (tertiary/aromatic N) is 5. The summed E-state index contributed by atoms with van der Waals surface area (Å²) >= 11 is 0. The van der Waals surface area contributed by atoms with E-state index < -0.39 is 6.09 Å². The van der Waals surface area contributed by atoms with Crippen LogP contribution in [0.25, 0.3) is 0 Å². The number of hydrogen-bond donors (Lipinski definition) is 1. The van der Waals surface area contributed by atoms with Crippen molar-refractivity contribution in [2.45, 2.75) is 40.3 Å². The lowest BCUT2D eigenvalue weighted by atomic mass is 10.1. The van der Waals surface area contributed by atoms with Gasteiger partial charge >= 0.3 is 6.09 Å². The second-order valence-electron chi connectivity index (χ2n) is 11.4. The second-order valence-corrected chi connectivity index (χ2v) is 11.4. The highest BCUT2D eigenvalue weighted by Gasteiger charge is 2.24. The van der Waals surface area contributed by atoms with E-state index >= 15 is 0 Å². The highest BCUT2D eigenvalue weighted by Crippen LogP contribution is 2.30. The summed E-state index contributed by atoms with van der Waals surface area (Å²) in [6.07, 6.45) is 1.04. The fourth-order valence-electron chi connectivity index (χ4n) is 5.46. The quantitative estimate of drug-likeness (QED) is 0.213. The zero-order valence-corrected chi connectivity index (χ0v) is 26.9. The Labute approximate surface area is 265 Å². The normalized spacial score (nSPS) is 13.4. The standard InChI is InChI=1S/C35H42N6O4/c1-24(2)39-18-20-40(21-19-39)29-12-10-28(11-13-29)37-34-36-17-16-32(38-34)41(23-27-22-30(43-5)14-15-31(27)44-6)35(42)45-33-25(3)8-7-9-26(33)4/h7-17,22,24H,18-21,23H2,1-6H3,(H,36,37,38). The average Bonchev–Trinajstić information content (AvgIpc) is 3.05. The molecule has 1 aliphatic rings. The minimum atomic E-state index is -0.580. The van der Waals surface area contributed by atoms with Gasteiger partial charge in [0.1, 0.15) is 23.1 Å². The third-order valence-corrected chi connectivity index (χ3v) is 8.09. The Balaban J connectivity index is 1.38. The molecule has 2 heterocycles. The first-order valence-corrected chi connectivity index (χ1v) is 15.2. The van der Waals surface area contributed by atoms with Gasteiger partial charge in [0, 0.05) is 55.4 Å². The van der Waals surface area contributed by atoms with E-state index in [9.17, 15) is 4.79 Å². The van der Waals surface area contributed by atoms with Crippen molar-refractivity contribution in [3.8, 4) is 17.2 Å². The zero-order chi connectivity index (χ0) is 31.9. The summed E-state index contributed by atoms with van der Waals surface area (Å²) in [5.41, 5.74) is 4.48. The molecule has 45 heavy (non-hydrogen) atoms. The van der Waals surface area contributed by atoms with Gasteiger partial charge in [0.2, 0.25) is 5.95 Å². The SMILES string of the molecule is COc1ccc(OC)c(CN(C(=O)Oc2c(C)cccc2C)c2ccnc(Nc3ccc(N4CCN(C(C)C)CC4)cc3)n2)c1. The number of para-hydroxylation sites is 1. The molecule has 0 bridgehead atoms. The molecule has 10 heteroatoms. The number of nitrogens with one attached hydrogen (secondary N) is 1.